The van der Waals surface area contributed by atoms with Crippen LogP contribution in [0, 0.1) is 5.92 Å². The van der Waals surface area contributed by atoms with Crippen LogP contribution in [0.3, 0.4) is 0 Å². The monoisotopic (exact) mass is 365 g/mol. The number of rotatable bonds is 5. The minimum atomic E-state index is -0.103. The summed E-state index contributed by atoms with van der Waals surface area (Å²) in [5, 5.41) is 3.18. The molecule has 1 heterocycles. The van der Waals surface area contributed by atoms with Gasteiger partial charge in [0.25, 0.3) is 0 Å². The molecule has 4 nitrogen and oxygen atoms in total. The van der Waals surface area contributed by atoms with E-state index in [2.05, 4.69) is 34.5 Å². The lowest BCUT2D eigenvalue weighted by Gasteiger charge is -2.26. The molecule has 0 aromatic heterocycles. The molecule has 5 heteroatoms. The molecule has 3 atom stereocenters. The highest BCUT2D eigenvalue weighted by Gasteiger charge is 2.35. The van der Waals surface area contributed by atoms with Crippen LogP contribution in [0.1, 0.15) is 50.5 Å². The predicted octanol–water partition coefficient (Wildman–Crippen LogP) is 2.92. The largest absolute Gasteiger partial charge is 0.354 e. The van der Waals surface area contributed by atoms with Crippen molar-refractivity contribution >= 4 is 18.3 Å². The number of nitrogens with zero attached hydrogens (tertiary/aromatic N) is 1. The van der Waals surface area contributed by atoms with E-state index in [1.165, 1.54) is 37.7 Å². The van der Waals surface area contributed by atoms with Crippen LogP contribution in [-0.2, 0) is 4.79 Å². The molecular formula is C20H32ClN3O. The third kappa shape index (κ3) is 5.19. The Bertz CT molecular complexity index is 533. The van der Waals surface area contributed by atoms with Gasteiger partial charge in [-0.25, -0.2) is 0 Å². The van der Waals surface area contributed by atoms with Gasteiger partial charge in [0.15, 0.2) is 0 Å². The molecule has 1 amide bonds. The molecule has 0 spiro atoms. The molecule has 2 aliphatic rings. The maximum Gasteiger partial charge on any atom is 0.237 e. The first-order chi connectivity index (χ1) is 11.6. The van der Waals surface area contributed by atoms with Crippen molar-refractivity contribution in [1.29, 1.82) is 0 Å². The molecule has 1 aliphatic carbocycles. The Kier molecular flexibility index (Phi) is 7.73. The molecule has 3 N–H and O–H groups in total. The Morgan fingerprint density at radius 1 is 1.20 bits per heavy atom. The van der Waals surface area contributed by atoms with Gasteiger partial charge in [0, 0.05) is 31.6 Å². The van der Waals surface area contributed by atoms with Gasteiger partial charge in [-0.1, -0.05) is 49.6 Å². The van der Waals surface area contributed by atoms with E-state index in [1.54, 1.807) is 0 Å². The lowest BCUT2D eigenvalue weighted by Crippen LogP contribution is -2.46. The molecule has 0 bridgehead atoms. The van der Waals surface area contributed by atoms with Crippen molar-refractivity contribution in [3.63, 3.8) is 0 Å². The molecule has 1 aliphatic heterocycles. The van der Waals surface area contributed by atoms with Crippen LogP contribution in [0.2, 0.25) is 0 Å². The van der Waals surface area contributed by atoms with E-state index in [4.69, 9.17) is 5.73 Å². The van der Waals surface area contributed by atoms with Gasteiger partial charge in [-0.05, 0) is 31.2 Å². The fourth-order valence-corrected chi connectivity index (χ4v) is 4.18. The number of amides is 1. The Balaban J connectivity index is 0.00000225. The number of benzene rings is 1. The smallest absolute Gasteiger partial charge is 0.237 e. The summed E-state index contributed by atoms with van der Waals surface area (Å²) in [5.74, 6) is 1.15. The first-order valence-corrected chi connectivity index (χ1v) is 9.47. The van der Waals surface area contributed by atoms with Crippen molar-refractivity contribution in [3.8, 4) is 0 Å². The quantitative estimate of drug-likeness (QED) is 0.843. The first-order valence-electron chi connectivity index (χ1n) is 9.47. The van der Waals surface area contributed by atoms with Gasteiger partial charge in [0.2, 0.25) is 5.91 Å². The molecular weight excluding hydrogens is 334 g/mol. The summed E-state index contributed by atoms with van der Waals surface area (Å²) in [6.45, 7) is 4.50. The van der Waals surface area contributed by atoms with Crippen molar-refractivity contribution in [2.24, 2.45) is 11.7 Å². The normalized spacial score (nSPS) is 26.0. The molecule has 1 saturated carbocycles. The zero-order valence-electron chi connectivity index (χ0n) is 15.2. The molecule has 0 radical (unpaired) electrons. The Labute approximate surface area is 157 Å². The standard InChI is InChI=1S/C20H31N3O.ClH/c1-15(20(24)22-12-16-8-4-2-5-9-16)23-13-18(19(21)14-23)17-10-6-3-7-11-17;/h3,6-7,10-11,15-16,18-19H,2,4-5,8-9,12-14,21H2,1H3,(H,22,24);1H/t15?,18-,19+;/m0./s1. The topological polar surface area (TPSA) is 58.4 Å². The number of hydrogen-bond donors (Lipinski definition) is 2. The van der Waals surface area contributed by atoms with Crippen molar-refractivity contribution in [3.05, 3.63) is 35.9 Å². The maximum absolute atomic E-state index is 12.5. The second-order valence-electron chi connectivity index (χ2n) is 7.56. The second-order valence-corrected chi connectivity index (χ2v) is 7.56. The van der Waals surface area contributed by atoms with Gasteiger partial charge in [-0.2, -0.15) is 0 Å². The van der Waals surface area contributed by atoms with Gasteiger partial charge in [-0.15, -0.1) is 12.4 Å². The van der Waals surface area contributed by atoms with E-state index in [1.807, 2.05) is 13.0 Å². The summed E-state index contributed by atoms with van der Waals surface area (Å²) < 4.78 is 0. The van der Waals surface area contributed by atoms with E-state index in [-0.39, 0.29) is 30.4 Å². The van der Waals surface area contributed by atoms with Crippen LogP contribution >= 0.6 is 12.4 Å². The molecule has 1 aromatic rings. The van der Waals surface area contributed by atoms with Crippen LogP contribution in [0.5, 0.6) is 0 Å². The third-order valence-electron chi connectivity index (χ3n) is 5.84. The molecule has 1 aromatic carbocycles. The molecule has 3 rings (SSSR count). The third-order valence-corrected chi connectivity index (χ3v) is 5.84. The number of halogens is 1. The van der Waals surface area contributed by atoms with Gasteiger partial charge in [0.05, 0.1) is 6.04 Å². The summed E-state index contributed by atoms with van der Waals surface area (Å²) in [4.78, 5) is 14.8. The predicted molar refractivity (Wildman–Crippen MR) is 105 cm³/mol. The number of nitrogens with two attached hydrogens (primary N) is 1. The van der Waals surface area contributed by atoms with E-state index < -0.39 is 0 Å². The fourth-order valence-electron chi connectivity index (χ4n) is 4.18. The lowest BCUT2D eigenvalue weighted by atomic mass is 9.89. The minimum Gasteiger partial charge on any atom is -0.354 e. The first kappa shape index (κ1) is 20.2. The number of likely N-dealkylation sites (tertiary alicyclic amines) is 1. The van der Waals surface area contributed by atoms with Crippen LogP contribution in [0.4, 0.5) is 0 Å². The van der Waals surface area contributed by atoms with Crippen molar-refractivity contribution in [1.82, 2.24) is 10.2 Å². The highest BCUT2D eigenvalue weighted by molar-refractivity contribution is 5.85. The van der Waals surface area contributed by atoms with E-state index >= 15 is 0 Å². The summed E-state index contributed by atoms with van der Waals surface area (Å²) in [6.07, 6.45) is 6.51. The van der Waals surface area contributed by atoms with E-state index in [9.17, 15) is 4.79 Å². The van der Waals surface area contributed by atoms with Gasteiger partial charge < -0.3 is 11.1 Å². The highest BCUT2D eigenvalue weighted by Crippen LogP contribution is 2.28. The van der Waals surface area contributed by atoms with Gasteiger partial charge >= 0.3 is 0 Å². The van der Waals surface area contributed by atoms with Crippen molar-refractivity contribution in [2.75, 3.05) is 19.6 Å². The average Bonchev–Trinajstić information content (AvgIpc) is 3.02. The van der Waals surface area contributed by atoms with E-state index in [0.717, 1.165) is 19.6 Å². The van der Waals surface area contributed by atoms with Crippen LogP contribution in [0.15, 0.2) is 30.3 Å². The fraction of sp³-hybridized carbons (Fsp3) is 0.650. The van der Waals surface area contributed by atoms with Crippen molar-refractivity contribution < 1.29 is 4.79 Å². The second kappa shape index (κ2) is 9.56. The summed E-state index contributed by atoms with van der Waals surface area (Å²) in [5.41, 5.74) is 7.64. The summed E-state index contributed by atoms with van der Waals surface area (Å²) in [6, 6.07) is 10.4. The molecule has 1 saturated heterocycles. The minimum absolute atomic E-state index is 0. The van der Waals surface area contributed by atoms with Gasteiger partial charge in [-0.3, -0.25) is 9.69 Å². The van der Waals surface area contributed by atoms with Crippen molar-refractivity contribution in [2.45, 2.75) is 57.0 Å². The SMILES string of the molecule is CC(C(=O)NCC1CCCCC1)N1C[C@@H](N)[C@H](c2ccccc2)C1.Cl. The Morgan fingerprint density at radius 2 is 1.88 bits per heavy atom. The zero-order chi connectivity index (χ0) is 16.9. The average molecular weight is 366 g/mol. The number of hydrogen-bond acceptors (Lipinski definition) is 3. The Hall–Kier alpha value is -1.10. The zero-order valence-corrected chi connectivity index (χ0v) is 16.0. The summed E-state index contributed by atoms with van der Waals surface area (Å²) in [7, 11) is 0. The number of carbonyl (C=O) groups excluding carboxylic acids is 1. The maximum atomic E-state index is 12.5. The highest BCUT2D eigenvalue weighted by atomic mass is 35.5. The molecule has 2 fully saturated rings. The lowest BCUT2D eigenvalue weighted by molar-refractivity contribution is -0.125. The summed E-state index contributed by atoms with van der Waals surface area (Å²) >= 11 is 0. The van der Waals surface area contributed by atoms with Gasteiger partial charge in [0.1, 0.15) is 0 Å². The number of nitrogens with one attached hydrogen (secondary N) is 1. The Morgan fingerprint density at radius 3 is 2.56 bits per heavy atom. The number of carbonyl (C=O) groups is 1. The molecule has 1 unspecified atom stereocenters. The molecule has 140 valence electrons. The van der Waals surface area contributed by atoms with Crippen LogP contribution in [0.25, 0.3) is 0 Å². The van der Waals surface area contributed by atoms with Crippen LogP contribution in [-0.4, -0.2) is 42.5 Å². The van der Waals surface area contributed by atoms with Crippen LogP contribution < -0.4 is 11.1 Å². The molecule has 25 heavy (non-hydrogen) atoms. The van der Waals surface area contributed by atoms with E-state index in [0.29, 0.717) is 11.8 Å².